The summed E-state index contributed by atoms with van der Waals surface area (Å²) in [6.07, 6.45) is 3.84. The molecule has 1 heterocycles. The summed E-state index contributed by atoms with van der Waals surface area (Å²) in [7, 11) is 0. The Kier molecular flexibility index (Phi) is 3.29. The van der Waals surface area contributed by atoms with Gasteiger partial charge < -0.3 is 10.5 Å². The Morgan fingerprint density at radius 1 is 1.15 bits per heavy atom. The molecule has 0 aliphatic carbocycles. The summed E-state index contributed by atoms with van der Waals surface area (Å²) in [6, 6.07) is 11.8. The third-order valence-electron chi connectivity index (χ3n) is 3.32. The van der Waals surface area contributed by atoms with Gasteiger partial charge in [0.2, 0.25) is 0 Å². The number of hydrogen-bond donors (Lipinski definition) is 1. The van der Waals surface area contributed by atoms with Crippen LogP contribution in [-0.4, -0.2) is 9.78 Å². The van der Waals surface area contributed by atoms with Gasteiger partial charge in [0.05, 0.1) is 6.20 Å². The highest BCUT2D eigenvalue weighted by atomic mass is 16.5. The van der Waals surface area contributed by atoms with Crippen LogP contribution in [-0.2, 0) is 13.2 Å². The van der Waals surface area contributed by atoms with E-state index in [1.165, 1.54) is 0 Å². The summed E-state index contributed by atoms with van der Waals surface area (Å²) in [6.45, 7) is 3.43. The fourth-order valence-corrected chi connectivity index (χ4v) is 2.24. The van der Waals surface area contributed by atoms with Gasteiger partial charge >= 0.3 is 0 Å². The van der Waals surface area contributed by atoms with Crippen LogP contribution in [0.3, 0.4) is 0 Å². The van der Waals surface area contributed by atoms with Crippen LogP contribution >= 0.6 is 0 Å². The van der Waals surface area contributed by atoms with Crippen molar-refractivity contribution in [1.82, 2.24) is 9.78 Å². The zero-order valence-corrected chi connectivity index (χ0v) is 11.4. The van der Waals surface area contributed by atoms with Crippen molar-refractivity contribution >= 4 is 16.5 Å². The first-order chi connectivity index (χ1) is 9.78. The van der Waals surface area contributed by atoms with Crippen LogP contribution in [0.1, 0.15) is 12.5 Å². The molecule has 1 aromatic heterocycles. The molecule has 3 rings (SSSR count). The molecular weight excluding hydrogens is 250 g/mol. The third-order valence-corrected chi connectivity index (χ3v) is 3.32. The molecule has 0 aliphatic rings. The predicted octanol–water partition coefficient (Wildman–Crippen LogP) is 3.22. The Morgan fingerprint density at radius 3 is 2.70 bits per heavy atom. The lowest BCUT2D eigenvalue weighted by molar-refractivity contribution is 0.310. The van der Waals surface area contributed by atoms with Gasteiger partial charge in [-0.05, 0) is 19.1 Å². The number of anilines is 1. The van der Waals surface area contributed by atoms with Gasteiger partial charge in [-0.1, -0.05) is 24.3 Å². The van der Waals surface area contributed by atoms with Crippen molar-refractivity contribution in [3.8, 4) is 5.75 Å². The summed E-state index contributed by atoms with van der Waals surface area (Å²) < 4.78 is 7.80. The predicted molar refractivity (Wildman–Crippen MR) is 80.6 cm³/mol. The highest BCUT2D eigenvalue weighted by Crippen LogP contribution is 2.30. The molecule has 0 bridgehead atoms. The number of aromatic nitrogens is 2. The number of nitrogens with zero attached hydrogens (tertiary/aromatic N) is 2. The summed E-state index contributed by atoms with van der Waals surface area (Å²) in [4.78, 5) is 0. The minimum absolute atomic E-state index is 0.508. The fraction of sp³-hybridized carbons (Fsp3) is 0.188. The van der Waals surface area contributed by atoms with E-state index >= 15 is 0 Å². The first-order valence-electron chi connectivity index (χ1n) is 6.69. The van der Waals surface area contributed by atoms with Gasteiger partial charge in [0.15, 0.2) is 0 Å². The average molecular weight is 267 g/mol. The molecular formula is C16H17N3O. The fourth-order valence-electron chi connectivity index (χ4n) is 2.24. The molecule has 2 aromatic carbocycles. The summed E-state index contributed by atoms with van der Waals surface area (Å²) >= 11 is 0. The number of fused-ring (bicyclic) bond motifs is 1. The average Bonchev–Trinajstić information content (AvgIpc) is 2.95. The smallest absolute Gasteiger partial charge is 0.127 e. The van der Waals surface area contributed by atoms with E-state index in [4.69, 9.17) is 10.5 Å². The second-order valence-electron chi connectivity index (χ2n) is 4.69. The molecule has 0 fully saturated rings. The van der Waals surface area contributed by atoms with E-state index in [0.717, 1.165) is 34.3 Å². The van der Waals surface area contributed by atoms with Crippen LogP contribution < -0.4 is 10.5 Å². The van der Waals surface area contributed by atoms with Gasteiger partial charge in [0.25, 0.3) is 0 Å². The molecule has 20 heavy (non-hydrogen) atoms. The van der Waals surface area contributed by atoms with Crippen molar-refractivity contribution in [2.75, 3.05) is 5.73 Å². The number of nitrogen functional groups attached to an aromatic ring is 1. The number of nitrogens with two attached hydrogens (primary N) is 1. The van der Waals surface area contributed by atoms with Crippen molar-refractivity contribution < 1.29 is 4.74 Å². The second kappa shape index (κ2) is 5.25. The van der Waals surface area contributed by atoms with Gasteiger partial charge in [-0.2, -0.15) is 5.10 Å². The Balaban J connectivity index is 1.86. The quantitative estimate of drug-likeness (QED) is 0.738. The van der Waals surface area contributed by atoms with Gasteiger partial charge in [-0.15, -0.1) is 0 Å². The number of ether oxygens (including phenoxy) is 1. The molecule has 3 aromatic rings. The molecule has 102 valence electrons. The molecule has 0 spiro atoms. The highest BCUT2D eigenvalue weighted by Gasteiger charge is 2.05. The number of benzene rings is 2. The lowest BCUT2D eigenvalue weighted by Gasteiger charge is -2.10. The maximum Gasteiger partial charge on any atom is 0.127 e. The number of rotatable bonds is 4. The topological polar surface area (TPSA) is 53.1 Å². The van der Waals surface area contributed by atoms with Crippen LogP contribution in [0.25, 0.3) is 10.8 Å². The minimum Gasteiger partial charge on any atom is -0.488 e. The van der Waals surface area contributed by atoms with Crippen molar-refractivity contribution in [2.45, 2.75) is 20.1 Å². The summed E-state index contributed by atoms with van der Waals surface area (Å²) in [5.74, 6) is 0.846. The van der Waals surface area contributed by atoms with Crippen LogP contribution in [0.15, 0.2) is 48.8 Å². The molecule has 0 radical (unpaired) electrons. The lowest BCUT2D eigenvalue weighted by atomic mass is 10.1. The minimum atomic E-state index is 0.508. The zero-order chi connectivity index (χ0) is 13.9. The molecule has 0 atom stereocenters. The van der Waals surface area contributed by atoms with Crippen molar-refractivity contribution in [2.24, 2.45) is 0 Å². The summed E-state index contributed by atoms with van der Waals surface area (Å²) in [5, 5.41) is 6.30. The summed E-state index contributed by atoms with van der Waals surface area (Å²) in [5.41, 5.74) is 7.82. The first kappa shape index (κ1) is 12.5. The van der Waals surface area contributed by atoms with Crippen molar-refractivity contribution in [3.63, 3.8) is 0 Å². The molecule has 0 saturated carbocycles. The molecule has 4 nitrogen and oxygen atoms in total. The van der Waals surface area contributed by atoms with E-state index in [-0.39, 0.29) is 0 Å². The lowest BCUT2D eigenvalue weighted by Crippen LogP contribution is -1.97. The molecule has 4 heteroatoms. The SMILES string of the molecule is CCn1cc(COc2ccc(N)c3ccccc23)cn1. The number of hydrogen-bond acceptors (Lipinski definition) is 3. The van der Waals surface area contributed by atoms with Crippen LogP contribution in [0.5, 0.6) is 5.75 Å². The van der Waals surface area contributed by atoms with Crippen molar-refractivity contribution in [1.29, 1.82) is 0 Å². The van der Waals surface area contributed by atoms with E-state index in [1.807, 2.05) is 53.5 Å². The zero-order valence-electron chi connectivity index (χ0n) is 11.4. The molecule has 0 unspecified atom stereocenters. The van der Waals surface area contributed by atoms with E-state index < -0.39 is 0 Å². The van der Waals surface area contributed by atoms with E-state index in [0.29, 0.717) is 6.61 Å². The second-order valence-corrected chi connectivity index (χ2v) is 4.69. The van der Waals surface area contributed by atoms with E-state index in [2.05, 4.69) is 12.0 Å². The van der Waals surface area contributed by atoms with Crippen LogP contribution in [0.4, 0.5) is 5.69 Å². The van der Waals surface area contributed by atoms with Gasteiger partial charge in [-0.25, -0.2) is 0 Å². The van der Waals surface area contributed by atoms with Gasteiger partial charge in [-0.3, -0.25) is 4.68 Å². The normalized spacial score (nSPS) is 10.8. The standard InChI is InChI=1S/C16H17N3O/c1-2-19-10-12(9-18-19)11-20-16-8-7-15(17)13-5-3-4-6-14(13)16/h3-10H,2,11,17H2,1H3. The molecule has 0 saturated heterocycles. The molecule has 0 amide bonds. The third kappa shape index (κ3) is 2.32. The monoisotopic (exact) mass is 267 g/mol. The van der Waals surface area contributed by atoms with Crippen LogP contribution in [0, 0.1) is 0 Å². The largest absolute Gasteiger partial charge is 0.488 e. The maximum absolute atomic E-state index is 5.98. The number of aryl methyl sites for hydroxylation is 1. The van der Waals surface area contributed by atoms with Gasteiger partial charge in [0, 0.05) is 34.8 Å². The van der Waals surface area contributed by atoms with E-state index in [9.17, 15) is 0 Å². The van der Waals surface area contributed by atoms with E-state index in [1.54, 1.807) is 0 Å². The Morgan fingerprint density at radius 2 is 1.95 bits per heavy atom. The first-order valence-corrected chi connectivity index (χ1v) is 6.69. The Bertz CT molecular complexity index is 733. The molecule has 2 N–H and O–H groups in total. The Hall–Kier alpha value is -2.49. The van der Waals surface area contributed by atoms with Crippen molar-refractivity contribution in [3.05, 3.63) is 54.4 Å². The maximum atomic E-state index is 5.98. The molecule has 0 aliphatic heterocycles. The van der Waals surface area contributed by atoms with Gasteiger partial charge in [0.1, 0.15) is 12.4 Å². The van der Waals surface area contributed by atoms with Crippen LogP contribution in [0.2, 0.25) is 0 Å². The highest BCUT2D eigenvalue weighted by molar-refractivity contribution is 5.96. The Labute approximate surface area is 117 Å².